The molecule has 1 N–H and O–H groups in total. The van der Waals surface area contributed by atoms with Gasteiger partial charge in [-0.3, -0.25) is 4.79 Å². The Bertz CT molecular complexity index is 565. The largest absolute Gasteiger partial charge is 0.310 e. The number of hydrogen-bond acceptors (Lipinski definition) is 3. The molecular formula is C11H16N4O. The molecule has 2 heterocycles. The molecule has 0 aliphatic carbocycles. The van der Waals surface area contributed by atoms with Crippen LogP contribution in [0.4, 0.5) is 0 Å². The van der Waals surface area contributed by atoms with Crippen LogP contribution in [0.3, 0.4) is 0 Å². The van der Waals surface area contributed by atoms with E-state index < -0.39 is 0 Å². The van der Waals surface area contributed by atoms with Crippen molar-refractivity contribution in [3.05, 3.63) is 22.4 Å². The Morgan fingerprint density at radius 2 is 2.00 bits per heavy atom. The molecule has 2 aromatic rings. The van der Waals surface area contributed by atoms with E-state index in [0.717, 1.165) is 0 Å². The third kappa shape index (κ3) is 1.62. The van der Waals surface area contributed by atoms with Crippen LogP contribution in [0.15, 0.2) is 11.0 Å². The summed E-state index contributed by atoms with van der Waals surface area (Å²) in [6, 6.07) is 0.201. The molecule has 0 bridgehead atoms. The first-order valence-electron chi connectivity index (χ1n) is 5.48. The Labute approximate surface area is 93.5 Å². The molecule has 2 aromatic heterocycles. The van der Waals surface area contributed by atoms with Crippen molar-refractivity contribution >= 4 is 11.0 Å². The highest BCUT2D eigenvalue weighted by atomic mass is 16.1. The van der Waals surface area contributed by atoms with Crippen molar-refractivity contribution in [1.29, 1.82) is 0 Å². The smallest absolute Gasteiger partial charge is 0.262 e. The number of nitrogens with zero attached hydrogens (tertiary/aromatic N) is 3. The summed E-state index contributed by atoms with van der Waals surface area (Å²) in [6.45, 7) is 8.04. The zero-order valence-electron chi connectivity index (χ0n) is 9.98. The lowest BCUT2D eigenvalue weighted by molar-refractivity contribution is 0.544. The Balaban J connectivity index is 2.76. The maximum Gasteiger partial charge on any atom is 0.262 e. The molecule has 2 rings (SSSR count). The zero-order chi connectivity index (χ0) is 11.9. The molecule has 86 valence electrons. The van der Waals surface area contributed by atoms with Crippen molar-refractivity contribution in [3.8, 4) is 0 Å². The molecule has 0 saturated heterocycles. The van der Waals surface area contributed by atoms with E-state index in [2.05, 4.69) is 15.1 Å². The molecule has 0 saturated carbocycles. The van der Waals surface area contributed by atoms with Crippen LogP contribution in [0.5, 0.6) is 0 Å². The van der Waals surface area contributed by atoms with E-state index in [0.29, 0.717) is 16.9 Å². The monoisotopic (exact) mass is 220 g/mol. The van der Waals surface area contributed by atoms with Gasteiger partial charge in [-0.1, -0.05) is 13.8 Å². The highest BCUT2D eigenvalue weighted by molar-refractivity contribution is 5.73. The van der Waals surface area contributed by atoms with Crippen molar-refractivity contribution < 1.29 is 0 Å². The first-order chi connectivity index (χ1) is 7.50. The normalized spacial score (nSPS) is 11.9. The minimum atomic E-state index is -0.111. The van der Waals surface area contributed by atoms with Gasteiger partial charge in [0, 0.05) is 12.0 Å². The lowest BCUT2D eigenvalue weighted by Crippen LogP contribution is -2.14. The molecule has 5 nitrogen and oxygen atoms in total. The second kappa shape index (κ2) is 3.73. The molecule has 0 amide bonds. The van der Waals surface area contributed by atoms with Crippen LogP contribution in [0.1, 0.15) is 45.5 Å². The van der Waals surface area contributed by atoms with Gasteiger partial charge in [-0.2, -0.15) is 5.10 Å². The van der Waals surface area contributed by atoms with E-state index in [4.69, 9.17) is 0 Å². The summed E-state index contributed by atoms with van der Waals surface area (Å²) in [7, 11) is 0. The Morgan fingerprint density at radius 1 is 1.31 bits per heavy atom. The van der Waals surface area contributed by atoms with Crippen LogP contribution in [0, 0.1) is 0 Å². The third-order valence-electron chi connectivity index (χ3n) is 2.52. The molecule has 0 unspecified atom stereocenters. The van der Waals surface area contributed by atoms with Gasteiger partial charge in [0.25, 0.3) is 5.56 Å². The maximum atomic E-state index is 11.8. The number of rotatable bonds is 2. The molecular weight excluding hydrogens is 204 g/mol. The van der Waals surface area contributed by atoms with Crippen LogP contribution in [-0.4, -0.2) is 19.7 Å². The average molecular weight is 220 g/mol. The predicted octanol–water partition coefficient (Wildman–Crippen LogP) is 1.82. The summed E-state index contributed by atoms with van der Waals surface area (Å²) < 4.78 is 1.77. The summed E-state index contributed by atoms with van der Waals surface area (Å²) in [5.74, 6) is 0.910. The molecule has 0 aliphatic heterocycles. The molecule has 16 heavy (non-hydrogen) atoms. The minimum absolute atomic E-state index is 0.111. The first-order valence-corrected chi connectivity index (χ1v) is 5.48. The van der Waals surface area contributed by atoms with E-state index in [1.807, 2.05) is 27.7 Å². The lowest BCUT2D eigenvalue weighted by atomic mass is 10.2. The van der Waals surface area contributed by atoms with Gasteiger partial charge in [-0.05, 0) is 13.8 Å². The average Bonchev–Trinajstić information content (AvgIpc) is 2.61. The van der Waals surface area contributed by atoms with Crippen LogP contribution >= 0.6 is 0 Å². The van der Waals surface area contributed by atoms with E-state index in [1.54, 1.807) is 10.9 Å². The zero-order valence-corrected chi connectivity index (χ0v) is 9.98. The number of H-pyrrole nitrogens is 1. The first kappa shape index (κ1) is 10.9. The Hall–Kier alpha value is -1.65. The molecule has 0 spiro atoms. The fourth-order valence-electron chi connectivity index (χ4n) is 1.60. The van der Waals surface area contributed by atoms with Crippen molar-refractivity contribution in [1.82, 2.24) is 19.7 Å². The van der Waals surface area contributed by atoms with Gasteiger partial charge in [-0.15, -0.1) is 0 Å². The predicted molar refractivity (Wildman–Crippen MR) is 62.6 cm³/mol. The van der Waals surface area contributed by atoms with Crippen molar-refractivity contribution in [2.24, 2.45) is 0 Å². The quantitative estimate of drug-likeness (QED) is 0.839. The number of nitrogens with one attached hydrogen (secondary N) is 1. The van der Waals surface area contributed by atoms with Crippen molar-refractivity contribution in [2.45, 2.75) is 39.7 Å². The molecule has 0 aliphatic rings. The van der Waals surface area contributed by atoms with Gasteiger partial charge in [0.15, 0.2) is 5.65 Å². The SMILES string of the molecule is CC(C)c1nc2c(cnn2C(C)C)c(=O)[nH]1. The maximum absolute atomic E-state index is 11.8. The van der Waals surface area contributed by atoms with Gasteiger partial charge in [0.05, 0.1) is 6.20 Å². The van der Waals surface area contributed by atoms with Crippen LogP contribution < -0.4 is 5.56 Å². The number of hydrogen-bond donors (Lipinski definition) is 1. The van der Waals surface area contributed by atoms with Crippen molar-refractivity contribution in [3.63, 3.8) is 0 Å². The molecule has 0 atom stereocenters. The number of fused-ring (bicyclic) bond motifs is 1. The topological polar surface area (TPSA) is 63.6 Å². The Morgan fingerprint density at radius 3 is 2.56 bits per heavy atom. The fourth-order valence-corrected chi connectivity index (χ4v) is 1.60. The van der Waals surface area contributed by atoms with Crippen LogP contribution in [0.2, 0.25) is 0 Å². The van der Waals surface area contributed by atoms with E-state index in [-0.39, 0.29) is 17.5 Å². The van der Waals surface area contributed by atoms with Crippen LogP contribution in [-0.2, 0) is 0 Å². The minimum Gasteiger partial charge on any atom is -0.310 e. The van der Waals surface area contributed by atoms with Crippen LogP contribution in [0.25, 0.3) is 11.0 Å². The number of aromatic nitrogens is 4. The van der Waals surface area contributed by atoms with Gasteiger partial charge >= 0.3 is 0 Å². The molecule has 0 radical (unpaired) electrons. The lowest BCUT2D eigenvalue weighted by Gasteiger charge is -2.08. The summed E-state index contributed by atoms with van der Waals surface area (Å²) in [5.41, 5.74) is 0.558. The summed E-state index contributed by atoms with van der Waals surface area (Å²) in [4.78, 5) is 19.0. The summed E-state index contributed by atoms with van der Waals surface area (Å²) in [6.07, 6.45) is 1.57. The molecule has 0 aromatic carbocycles. The van der Waals surface area contributed by atoms with Gasteiger partial charge in [0.1, 0.15) is 11.2 Å². The van der Waals surface area contributed by atoms with Crippen molar-refractivity contribution in [2.75, 3.05) is 0 Å². The fraction of sp³-hybridized carbons (Fsp3) is 0.545. The van der Waals surface area contributed by atoms with E-state index in [1.165, 1.54) is 0 Å². The third-order valence-corrected chi connectivity index (χ3v) is 2.52. The van der Waals surface area contributed by atoms with E-state index >= 15 is 0 Å². The summed E-state index contributed by atoms with van der Waals surface area (Å²) >= 11 is 0. The van der Waals surface area contributed by atoms with E-state index in [9.17, 15) is 4.79 Å². The highest BCUT2D eigenvalue weighted by Gasteiger charge is 2.13. The summed E-state index contributed by atoms with van der Waals surface area (Å²) in [5, 5.41) is 4.74. The number of aromatic amines is 1. The second-order valence-corrected chi connectivity index (χ2v) is 4.53. The van der Waals surface area contributed by atoms with Gasteiger partial charge in [-0.25, -0.2) is 9.67 Å². The standard InChI is InChI=1S/C11H16N4O/c1-6(2)9-13-10-8(11(16)14-9)5-12-15(10)7(3)4/h5-7H,1-4H3,(H,13,14,16). The van der Waals surface area contributed by atoms with Gasteiger partial charge in [0.2, 0.25) is 0 Å². The molecule has 0 fully saturated rings. The highest BCUT2D eigenvalue weighted by Crippen LogP contribution is 2.14. The molecule has 5 heteroatoms. The second-order valence-electron chi connectivity index (χ2n) is 4.53. The van der Waals surface area contributed by atoms with Gasteiger partial charge < -0.3 is 4.98 Å². The Kier molecular flexibility index (Phi) is 2.53.